The lowest BCUT2D eigenvalue weighted by atomic mass is 10.0. The molecule has 1 aliphatic rings. The normalized spacial score (nSPS) is 13.2. The number of aliphatic imine (C=N–C) groups is 1. The first-order chi connectivity index (χ1) is 7.56. The van der Waals surface area contributed by atoms with E-state index in [4.69, 9.17) is 0 Å². The van der Waals surface area contributed by atoms with Crippen molar-refractivity contribution < 1.29 is 4.79 Å². The molecule has 2 heteroatoms. The van der Waals surface area contributed by atoms with E-state index in [1.807, 2.05) is 6.92 Å². The Hall–Kier alpha value is -1.70. The van der Waals surface area contributed by atoms with E-state index in [1.165, 1.54) is 11.1 Å². The van der Waals surface area contributed by atoms with Crippen molar-refractivity contribution in [1.29, 1.82) is 0 Å². The molecule has 0 aliphatic carbocycles. The largest absolute Gasteiger partial charge is 0.294 e. The van der Waals surface area contributed by atoms with Crippen molar-refractivity contribution in [3.05, 3.63) is 41.5 Å². The van der Waals surface area contributed by atoms with E-state index >= 15 is 0 Å². The number of hydrogen-bond donors (Lipinski definition) is 0. The van der Waals surface area contributed by atoms with Crippen molar-refractivity contribution in [1.82, 2.24) is 0 Å². The molecule has 1 heterocycles. The summed E-state index contributed by atoms with van der Waals surface area (Å²) in [6.07, 6.45) is 1.21. The van der Waals surface area contributed by atoms with Crippen LogP contribution in [-0.4, -0.2) is 11.5 Å². The molecule has 0 fully saturated rings. The number of aryl methyl sites for hydroxylation is 1. The van der Waals surface area contributed by atoms with Gasteiger partial charge in [-0.2, -0.15) is 0 Å². The quantitative estimate of drug-likeness (QED) is 0.709. The van der Waals surface area contributed by atoms with Gasteiger partial charge in [0.05, 0.1) is 5.69 Å². The van der Waals surface area contributed by atoms with E-state index in [0.717, 1.165) is 17.8 Å². The zero-order valence-electron chi connectivity index (χ0n) is 9.71. The van der Waals surface area contributed by atoms with Crippen LogP contribution < -0.4 is 0 Å². The molecule has 0 bridgehead atoms. The van der Waals surface area contributed by atoms with Crippen LogP contribution in [0, 0.1) is 6.92 Å². The van der Waals surface area contributed by atoms with Gasteiger partial charge >= 0.3 is 0 Å². The zero-order valence-corrected chi connectivity index (χ0v) is 9.71. The minimum Gasteiger partial charge on any atom is -0.294 e. The Morgan fingerprint density at radius 1 is 1.50 bits per heavy atom. The average Bonchev–Trinajstić information content (AvgIpc) is 2.58. The van der Waals surface area contributed by atoms with Gasteiger partial charge < -0.3 is 0 Å². The third-order valence-corrected chi connectivity index (χ3v) is 2.75. The summed E-state index contributed by atoms with van der Waals surface area (Å²) in [7, 11) is 0. The monoisotopic (exact) mass is 213 g/mol. The number of fused-ring (bicyclic) bond motifs is 1. The van der Waals surface area contributed by atoms with Gasteiger partial charge in [0.1, 0.15) is 0 Å². The Bertz CT molecular complexity index is 497. The maximum absolute atomic E-state index is 11.5. The van der Waals surface area contributed by atoms with Crippen LogP contribution in [0.1, 0.15) is 24.5 Å². The van der Waals surface area contributed by atoms with Crippen molar-refractivity contribution in [2.75, 3.05) is 0 Å². The molecular weight excluding hydrogens is 198 g/mol. The molecule has 0 atom stereocenters. The molecule has 0 amide bonds. The van der Waals surface area contributed by atoms with Gasteiger partial charge in [-0.1, -0.05) is 18.7 Å². The summed E-state index contributed by atoms with van der Waals surface area (Å²) in [4.78, 5) is 16.0. The van der Waals surface area contributed by atoms with Crippen LogP contribution in [0.2, 0.25) is 0 Å². The Kier molecular flexibility index (Phi) is 2.73. The molecule has 1 aromatic carbocycles. The van der Waals surface area contributed by atoms with E-state index in [-0.39, 0.29) is 5.78 Å². The summed E-state index contributed by atoms with van der Waals surface area (Å²) in [5.74, 6) is 0.0864. The Balaban J connectivity index is 2.16. The van der Waals surface area contributed by atoms with E-state index in [0.29, 0.717) is 12.0 Å². The molecule has 0 aromatic heterocycles. The second-order valence-corrected chi connectivity index (χ2v) is 4.37. The molecule has 2 nitrogen and oxygen atoms in total. The predicted octanol–water partition coefficient (Wildman–Crippen LogP) is 3.16. The number of nitrogens with zero attached hydrogens (tertiary/aromatic N) is 1. The topological polar surface area (TPSA) is 29.4 Å². The smallest absolute Gasteiger partial charge is 0.163 e. The van der Waals surface area contributed by atoms with Crippen LogP contribution in [0.3, 0.4) is 0 Å². The van der Waals surface area contributed by atoms with Gasteiger partial charge in [-0.3, -0.25) is 9.79 Å². The van der Waals surface area contributed by atoms with Crippen molar-refractivity contribution >= 4 is 17.2 Å². The number of carbonyl (C=O) groups excluding carboxylic acids is 1. The highest BCUT2D eigenvalue weighted by molar-refractivity contribution is 6.11. The second kappa shape index (κ2) is 4.05. The zero-order chi connectivity index (χ0) is 11.7. The number of allylic oxidation sites excluding steroid dienone is 1. The molecule has 16 heavy (non-hydrogen) atoms. The molecule has 0 unspecified atom stereocenters. The summed E-state index contributed by atoms with van der Waals surface area (Å²) in [6.45, 7) is 7.45. The van der Waals surface area contributed by atoms with Gasteiger partial charge in [-0.05, 0) is 36.6 Å². The Labute approximate surface area is 95.7 Å². The fourth-order valence-electron chi connectivity index (χ4n) is 1.80. The molecular formula is C14H15NO. The highest BCUT2D eigenvalue weighted by atomic mass is 16.1. The minimum absolute atomic E-state index is 0.0864. The summed E-state index contributed by atoms with van der Waals surface area (Å²) >= 11 is 0. The first-order valence-electron chi connectivity index (χ1n) is 5.41. The van der Waals surface area contributed by atoms with E-state index < -0.39 is 0 Å². The molecule has 0 spiro atoms. The standard InChI is InChI=1S/C14H15NO/c1-9(2)14(16)8-12-7-11-5-4-10(3)6-13(11)15-12/h4-6H,1,7-8H2,2-3H3. The number of rotatable bonds is 3. The third-order valence-electron chi connectivity index (χ3n) is 2.75. The van der Waals surface area contributed by atoms with Crippen LogP contribution >= 0.6 is 0 Å². The van der Waals surface area contributed by atoms with Crippen molar-refractivity contribution in [3.8, 4) is 0 Å². The number of benzene rings is 1. The summed E-state index contributed by atoms with van der Waals surface area (Å²) in [5.41, 5.74) is 5.00. The average molecular weight is 213 g/mol. The lowest BCUT2D eigenvalue weighted by molar-refractivity contribution is -0.114. The second-order valence-electron chi connectivity index (χ2n) is 4.37. The van der Waals surface area contributed by atoms with Crippen molar-refractivity contribution in [3.63, 3.8) is 0 Å². The Morgan fingerprint density at radius 3 is 2.94 bits per heavy atom. The molecule has 82 valence electrons. The molecule has 1 aliphatic heterocycles. The highest BCUT2D eigenvalue weighted by Crippen LogP contribution is 2.28. The fraction of sp³-hybridized carbons (Fsp3) is 0.286. The van der Waals surface area contributed by atoms with Gasteiger partial charge in [0.15, 0.2) is 5.78 Å². The SMILES string of the molecule is C=C(C)C(=O)CC1=Nc2cc(C)ccc2C1. The molecule has 0 saturated carbocycles. The lowest BCUT2D eigenvalue weighted by Crippen LogP contribution is -2.08. The van der Waals surface area contributed by atoms with E-state index in [1.54, 1.807) is 6.92 Å². The Morgan fingerprint density at radius 2 is 2.25 bits per heavy atom. The maximum Gasteiger partial charge on any atom is 0.163 e. The third kappa shape index (κ3) is 2.11. The summed E-state index contributed by atoms with van der Waals surface area (Å²) < 4.78 is 0. The number of carbonyl (C=O) groups is 1. The summed E-state index contributed by atoms with van der Waals surface area (Å²) in [5, 5.41) is 0. The van der Waals surface area contributed by atoms with E-state index in [2.05, 4.69) is 29.8 Å². The van der Waals surface area contributed by atoms with Crippen LogP contribution in [-0.2, 0) is 11.2 Å². The van der Waals surface area contributed by atoms with Crippen molar-refractivity contribution in [2.45, 2.75) is 26.7 Å². The number of ketones is 1. The molecule has 2 rings (SSSR count). The fourth-order valence-corrected chi connectivity index (χ4v) is 1.80. The van der Waals surface area contributed by atoms with Gasteiger partial charge in [-0.25, -0.2) is 0 Å². The van der Waals surface area contributed by atoms with Gasteiger partial charge in [0.25, 0.3) is 0 Å². The van der Waals surface area contributed by atoms with Gasteiger partial charge in [0, 0.05) is 18.6 Å². The minimum atomic E-state index is 0.0864. The van der Waals surface area contributed by atoms with Crippen LogP contribution in [0.4, 0.5) is 5.69 Å². The molecule has 0 saturated heterocycles. The maximum atomic E-state index is 11.5. The number of hydrogen-bond acceptors (Lipinski definition) is 2. The van der Waals surface area contributed by atoms with Crippen molar-refractivity contribution in [2.24, 2.45) is 4.99 Å². The lowest BCUT2D eigenvalue weighted by Gasteiger charge is -1.98. The predicted molar refractivity (Wildman–Crippen MR) is 66.4 cm³/mol. The highest BCUT2D eigenvalue weighted by Gasteiger charge is 2.17. The van der Waals surface area contributed by atoms with E-state index in [9.17, 15) is 4.79 Å². The molecule has 0 N–H and O–H groups in total. The van der Waals surface area contributed by atoms with Gasteiger partial charge in [0.2, 0.25) is 0 Å². The molecule has 1 aromatic rings. The van der Waals surface area contributed by atoms with Gasteiger partial charge in [-0.15, -0.1) is 0 Å². The van der Waals surface area contributed by atoms with Crippen LogP contribution in [0.25, 0.3) is 0 Å². The first-order valence-corrected chi connectivity index (χ1v) is 5.41. The van der Waals surface area contributed by atoms with Crippen LogP contribution in [0.5, 0.6) is 0 Å². The summed E-state index contributed by atoms with van der Waals surface area (Å²) in [6, 6.07) is 6.23. The molecule has 0 radical (unpaired) electrons. The number of Topliss-reactive ketones (excluding diaryl/α,β-unsaturated/α-hetero) is 1. The first kappa shape index (κ1) is 10.8. The van der Waals surface area contributed by atoms with Crippen LogP contribution in [0.15, 0.2) is 35.3 Å².